The van der Waals surface area contributed by atoms with Crippen molar-refractivity contribution in [3.05, 3.63) is 28.2 Å². The van der Waals surface area contributed by atoms with Gasteiger partial charge in [-0.3, -0.25) is 0 Å². The fourth-order valence-corrected chi connectivity index (χ4v) is 4.34. The van der Waals surface area contributed by atoms with Crippen molar-refractivity contribution in [3.8, 4) is 0 Å². The minimum Gasteiger partial charge on any atom is -0.335 e. The van der Waals surface area contributed by atoms with Gasteiger partial charge in [-0.1, -0.05) is 23.2 Å². The second-order valence-corrected chi connectivity index (χ2v) is 8.06. The van der Waals surface area contributed by atoms with E-state index >= 15 is 0 Å². The van der Waals surface area contributed by atoms with Crippen LogP contribution in [0.3, 0.4) is 0 Å². The lowest BCUT2D eigenvalue weighted by molar-refractivity contribution is -0.896. The molecule has 0 heterocycles. The van der Waals surface area contributed by atoms with Crippen molar-refractivity contribution in [2.45, 2.75) is 44.6 Å². The number of hydrogen-bond donors (Lipinski definition) is 2. The van der Waals surface area contributed by atoms with Gasteiger partial charge in [-0.25, -0.2) is 13.1 Å². The monoisotopic (exact) mass is 367 g/mol. The maximum absolute atomic E-state index is 12.3. The van der Waals surface area contributed by atoms with Crippen LogP contribution in [-0.4, -0.2) is 34.1 Å². The number of quaternary nitrogens is 1. The molecule has 0 unspecified atom stereocenters. The molecule has 0 aliphatic heterocycles. The van der Waals surface area contributed by atoms with Crippen molar-refractivity contribution >= 4 is 33.2 Å². The summed E-state index contributed by atoms with van der Waals surface area (Å²) in [6.45, 7) is 9.44. The third-order valence-corrected chi connectivity index (χ3v) is 5.68. The van der Waals surface area contributed by atoms with Crippen LogP contribution in [0.1, 0.15) is 33.6 Å². The number of sulfonamides is 1. The van der Waals surface area contributed by atoms with Gasteiger partial charge in [-0.2, -0.15) is 0 Å². The summed E-state index contributed by atoms with van der Waals surface area (Å²) in [7, 11) is -3.59. The summed E-state index contributed by atoms with van der Waals surface area (Å²) < 4.78 is 27.3. The second-order valence-electron chi connectivity index (χ2n) is 5.48. The Morgan fingerprint density at radius 3 is 2.18 bits per heavy atom. The Labute approximate surface area is 143 Å². The van der Waals surface area contributed by atoms with Crippen molar-refractivity contribution in [2.24, 2.45) is 0 Å². The number of rotatable bonds is 9. The quantitative estimate of drug-likeness (QED) is 0.703. The van der Waals surface area contributed by atoms with Gasteiger partial charge in [0.25, 0.3) is 0 Å². The van der Waals surface area contributed by atoms with Gasteiger partial charge < -0.3 is 4.90 Å². The molecule has 0 saturated carbocycles. The minimum absolute atomic E-state index is 0.103. The predicted molar refractivity (Wildman–Crippen MR) is 92.4 cm³/mol. The van der Waals surface area contributed by atoms with Gasteiger partial charge in [-0.05, 0) is 51.8 Å². The van der Waals surface area contributed by atoms with Crippen molar-refractivity contribution in [1.29, 1.82) is 0 Å². The number of nitrogens with one attached hydrogen (secondary N) is 2. The lowest BCUT2D eigenvalue weighted by atomic mass is 10.2. The summed E-state index contributed by atoms with van der Waals surface area (Å²) in [5, 5.41) is 0.622. The van der Waals surface area contributed by atoms with Crippen LogP contribution in [0.4, 0.5) is 0 Å². The fraction of sp³-hybridized carbons (Fsp3) is 0.600. The van der Waals surface area contributed by atoms with E-state index in [2.05, 4.69) is 18.6 Å². The Morgan fingerprint density at radius 2 is 1.68 bits per heavy atom. The Kier molecular flexibility index (Phi) is 8.14. The van der Waals surface area contributed by atoms with E-state index in [0.29, 0.717) is 10.0 Å². The average Bonchev–Trinajstić information content (AvgIpc) is 2.42. The summed E-state index contributed by atoms with van der Waals surface area (Å²) in [6, 6.07) is 4.20. The highest BCUT2D eigenvalue weighted by atomic mass is 35.5. The molecule has 0 amide bonds. The first kappa shape index (κ1) is 19.7. The molecule has 7 heteroatoms. The van der Waals surface area contributed by atoms with Crippen LogP contribution in [0.2, 0.25) is 10.0 Å². The highest BCUT2D eigenvalue weighted by molar-refractivity contribution is 7.89. The van der Waals surface area contributed by atoms with Crippen molar-refractivity contribution in [3.63, 3.8) is 0 Å². The molecule has 1 atom stereocenters. The molecule has 1 aromatic rings. The van der Waals surface area contributed by atoms with E-state index in [9.17, 15) is 8.42 Å². The topological polar surface area (TPSA) is 50.6 Å². The highest BCUT2D eigenvalue weighted by Crippen LogP contribution is 2.22. The average molecular weight is 368 g/mol. The van der Waals surface area contributed by atoms with Crippen LogP contribution >= 0.6 is 23.2 Å². The normalized spacial score (nSPS) is 13.5. The zero-order valence-corrected chi connectivity index (χ0v) is 15.7. The third kappa shape index (κ3) is 6.42. The molecule has 1 aromatic carbocycles. The SMILES string of the molecule is CC[NH+](CC)CCC[C@H](C)NS(=O)(=O)c1cc(Cl)cc(Cl)c1. The third-order valence-electron chi connectivity index (χ3n) is 3.67. The molecule has 1 rings (SSSR count). The van der Waals surface area contributed by atoms with Crippen LogP contribution < -0.4 is 9.62 Å². The molecule has 126 valence electrons. The lowest BCUT2D eigenvalue weighted by Crippen LogP contribution is -3.11. The molecule has 0 aliphatic rings. The van der Waals surface area contributed by atoms with Gasteiger partial charge in [-0.15, -0.1) is 0 Å². The van der Waals surface area contributed by atoms with E-state index in [0.717, 1.165) is 32.5 Å². The molecular weight excluding hydrogens is 343 g/mol. The first-order valence-electron chi connectivity index (χ1n) is 7.60. The molecule has 22 heavy (non-hydrogen) atoms. The van der Waals surface area contributed by atoms with Gasteiger partial charge in [0.05, 0.1) is 24.5 Å². The van der Waals surface area contributed by atoms with Gasteiger partial charge in [0.15, 0.2) is 0 Å². The first-order valence-corrected chi connectivity index (χ1v) is 9.84. The van der Waals surface area contributed by atoms with E-state index in [-0.39, 0.29) is 10.9 Å². The number of benzene rings is 1. The van der Waals surface area contributed by atoms with Gasteiger partial charge >= 0.3 is 0 Å². The summed E-state index contributed by atoms with van der Waals surface area (Å²) in [4.78, 5) is 1.63. The largest absolute Gasteiger partial charge is 0.335 e. The van der Waals surface area contributed by atoms with E-state index in [1.54, 1.807) is 0 Å². The Hall–Kier alpha value is -0.330. The molecule has 0 radical (unpaired) electrons. The smallest absolute Gasteiger partial charge is 0.240 e. The molecule has 0 aliphatic carbocycles. The molecule has 0 aromatic heterocycles. The van der Waals surface area contributed by atoms with Crippen LogP contribution in [0.5, 0.6) is 0 Å². The van der Waals surface area contributed by atoms with Crippen molar-refractivity contribution < 1.29 is 13.3 Å². The fourth-order valence-electron chi connectivity index (χ4n) is 2.34. The van der Waals surface area contributed by atoms with Crippen LogP contribution in [0.15, 0.2) is 23.1 Å². The van der Waals surface area contributed by atoms with Gasteiger partial charge in [0, 0.05) is 16.1 Å². The summed E-state index contributed by atoms with van der Waals surface area (Å²) in [5.41, 5.74) is 0. The van der Waals surface area contributed by atoms with Gasteiger partial charge in [0.1, 0.15) is 0 Å². The molecule has 4 nitrogen and oxygen atoms in total. The zero-order valence-electron chi connectivity index (χ0n) is 13.3. The van der Waals surface area contributed by atoms with Gasteiger partial charge in [0.2, 0.25) is 10.0 Å². The summed E-state index contributed by atoms with van der Waals surface area (Å²) in [6.07, 6.45) is 1.79. The maximum atomic E-state index is 12.3. The Bertz CT molecular complexity index is 555. The molecule has 0 fully saturated rings. The Morgan fingerprint density at radius 1 is 1.14 bits per heavy atom. The van der Waals surface area contributed by atoms with Crippen LogP contribution in [0, 0.1) is 0 Å². The maximum Gasteiger partial charge on any atom is 0.240 e. The standard InChI is InChI=1S/C15H24Cl2N2O2S/c1-4-19(5-2)8-6-7-12(3)18-22(20,21)15-10-13(16)9-14(17)11-15/h9-12,18H,4-8H2,1-3H3/p+1/t12-/m0/s1. The number of hydrogen-bond acceptors (Lipinski definition) is 2. The highest BCUT2D eigenvalue weighted by Gasteiger charge is 2.18. The van der Waals surface area contributed by atoms with E-state index < -0.39 is 10.0 Å². The van der Waals surface area contributed by atoms with Crippen molar-refractivity contribution in [2.75, 3.05) is 19.6 Å². The van der Waals surface area contributed by atoms with E-state index in [4.69, 9.17) is 23.2 Å². The number of halogens is 2. The van der Waals surface area contributed by atoms with E-state index in [1.165, 1.54) is 23.1 Å². The van der Waals surface area contributed by atoms with Crippen molar-refractivity contribution in [1.82, 2.24) is 4.72 Å². The van der Waals surface area contributed by atoms with E-state index in [1.807, 2.05) is 6.92 Å². The molecule has 0 bridgehead atoms. The molecule has 0 spiro atoms. The first-order chi connectivity index (χ1) is 10.3. The van der Waals surface area contributed by atoms with Crippen LogP contribution in [-0.2, 0) is 10.0 Å². The Balaban J connectivity index is 2.60. The second kappa shape index (κ2) is 9.08. The summed E-state index contributed by atoms with van der Waals surface area (Å²) in [5.74, 6) is 0. The minimum atomic E-state index is -3.59. The zero-order chi connectivity index (χ0) is 16.8. The predicted octanol–water partition coefficient (Wildman–Crippen LogP) is 2.37. The molecular formula is C15H25Cl2N2O2S+. The molecule has 0 saturated heterocycles. The summed E-state index contributed by atoms with van der Waals surface area (Å²) >= 11 is 11.7. The van der Waals surface area contributed by atoms with Crippen LogP contribution in [0.25, 0.3) is 0 Å². The molecule has 2 N–H and O–H groups in total. The lowest BCUT2D eigenvalue weighted by Gasteiger charge is -2.18.